The molecule has 1 saturated heterocycles. The van der Waals surface area contributed by atoms with Crippen LogP contribution in [-0.4, -0.2) is 68.7 Å². The van der Waals surface area contributed by atoms with Crippen LogP contribution in [0.3, 0.4) is 0 Å². The number of carbonyl (C=O) groups excluding carboxylic acids is 1. The van der Waals surface area contributed by atoms with Gasteiger partial charge in [0, 0.05) is 32.8 Å². The molecule has 1 heterocycles. The molecule has 1 amide bonds. The van der Waals surface area contributed by atoms with E-state index < -0.39 is 0 Å². The Hall–Kier alpha value is -0.650. The minimum Gasteiger partial charge on any atom is -0.372 e. The summed E-state index contributed by atoms with van der Waals surface area (Å²) in [4.78, 5) is 15.2. The molecule has 1 aliphatic heterocycles. The highest BCUT2D eigenvalue weighted by molar-refractivity contribution is 5.74. The number of hydrogen-bond acceptors (Lipinski definition) is 4. The van der Waals surface area contributed by atoms with E-state index in [0.717, 1.165) is 32.5 Å². The van der Waals surface area contributed by atoms with E-state index in [4.69, 9.17) is 10.5 Å². The Morgan fingerprint density at radius 1 is 1.17 bits per heavy atom. The number of ether oxygens (including phenoxy) is 1. The maximum atomic E-state index is 10.4. The van der Waals surface area contributed by atoms with Gasteiger partial charge in [-0.05, 0) is 26.4 Å². The number of unbranched alkanes of at least 4 members (excludes halogenated alkanes) is 1. The number of nitrogens with zero attached hydrogens (tertiary/aromatic N) is 2. The third-order valence-corrected chi connectivity index (χ3v) is 2.85. The average molecular weight is 259 g/mol. The number of amides is 1. The zero-order valence-electron chi connectivity index (χ0n) is 12.2. The molecule has 5 heteroatoms. The first-order valence-corrected chi connectivity index (χ1v) is 6.95. The Bertz CT molecular complexity index is 204. The SMILES string of the molecule is CC.CN1CCN(CCCCOCC(N)=O)CC1. The lowest BCUT2D eigenvalue weighted by Gasteiger charge is -2.32. The molecule has 2 N–H and O–H groups in total. The Balaban J connectivity index is 0.00000137. The number of piperazine rings is 1. The van der Waals surface area contributed by atoms with Crippen molar-refractivity contribution < 1.29 is 9.53 Å². The topological polar surface area (TPSA) is 58.8 Å². The Labute approximate surface area is 111 Å². The number of likely N-dealkylation sites (N-methyl/N-ethyl adjacent to an activating group) is 1. The summed E-state index contributed by atoms with van der Waals surface area (Å²) >= 11 is 0. The first-order chi connectivity index (χ1) is 8.68. The van der Waals surface area contributed by atoms with E-state index in [2.05, 4.69) is 16.8 Å². The molecule has 108 valence electrons. The fraction of sp³-hybridized carbons (Fsp3) is 0.923. The standard InChI is InChI=1S/C11H23N3O2.C2H6/c1-13-5-7-14(8-6-13)4-2-3-9-16-10-11(12)15;1-2/h2-10H2,1H3,(H2,12,15);1-2H3. The Morgan fingerprint density at radius 2 is 1.78 bits per heavy atom. The van der Waals surface area contributed by atoms with E-state index in [-0.39, 0.29) is 12.5 Å². The second-order valence-electron chi connectivity index (χ2n) is 4.37. The molecule has 5 nitrogen and oxygen atoms in total. The van der Waals surface area contributed by atoms with Crippen LogP contribution in [0.5, 0.6) is 0 Å². The second-order valence-corrected chi connectivity index (χ2v) is 4.37. The summed E-state index contributed by atoms with van der Waals surface area (Å²) in [6.45, 7) is 10.5. The average Bonchev–Trinajstić information content (AvgIpc) is 2.38. The van der Waals surface area contributed by atoms with Crippen LogP contribution in [0.2, 0.25) is 0 Å². The zero-order chi connectivity index (χ0) is 13.8. The third kappa shape index (κ3) is 9.39. The van der Waals surface area contributed by atoms with E-state index in [9.17, 15) is 4.79 Å². The van der Waals surface area contributed by atoms with Crippen LogP contribution in [0.4, 0.5) is 0 Å². The summed E-state index contributed by atoms with van der Waals surface area (Å²) in [5, 5.41) is 0. The molecule has 1 fully saturated rings. The highest BCUT2D eigenvalue weighted by Crippen LogP contribution is 2.01. The van der Waals surface area contributed by atoms with Gasteiger partial charge in [-0.15, -0.1) is 0 Å². The fourth-order valence-corrected chi connectivity index (χ4v) is 1.78. The van der Waals surface area contributed by atoms with E-state index in [1.165, 1.54) is 13.1 Å². The van der Waals surface area contributed by atoms with Crippen LogP contribution >= 0.6 is 0 Å². The summed E-state index contributed by atoms with van der Waals surface area (Å²) in [5.74, 6) is -0.390. The highest BCUT2D eigenvalue weighted by atomic mass is 16.5. The predicted octanol–water partition coefficient (Wildman–Crippen LogP) is 0.542. The molecule has 0 unspecified atom stereocenters. The third-order valence-electron chi connectivity index (χ3n) is 2.85. The Kier molecular flexibility index (Phi) is 11.0. The lowest BCUT2D eigenvalue weighted by Crippen LogP contribution is -2.44. The van der Waals surface area contributed by atoms with Crippen molar-refractivity contribution in [2.75, 3.05) is 53.0 Å². The van der Waals surface area contributed by atoms with E-state index in [1.807, 2.05) is 13.8 Å². The van der Waals surface area contributed by atoms with Crippen molar-refractivity contribution in [2.45, 2.75) is 26.7 Å². The van der Waals surface area contributed by atoms with Crippen LogP contribution in [0.15, 0.2) is 0 Å². The quantitative estimate of drug-likeness (QED) is 0.678. The maximum Gasteiger partial charge on any atom is 0.243 e. The first kappa shape index (κ1) is 17.4. The summed E-state index contributed by atoms with van der Waals surface area (Å²) < 4.78 is 5.10. The molecular formula is C13H29N3O2. The number of carbonyl (C=O) groups is 1. The largest absolute Gasteiger partial charge is 0.372 e. The van der Waals surface area contributed by atoms with Crippen LogP contribution in [0, 0.1) is 0 Å². The lowest BCUT2D eigenvalue weighted by molar-refractivity contribution is -0.122. The van der Waals surface area contributed by atoms with Gasteiger partial charge in [0.25, 0.3) is 0 Å². The summed E-state index contributed by atoms with van der Waals surface area (Å²) in [6, 6.07) is 0. The molecular weight excluding hydrogens is 230 g/mol. The van der Waals surface area contributed by atoms with Gasteiger partial charge in [-0.1, -0.05) is 13.8 Å². The fourth-order valence-electron chi connectivity index (χ4n) is 1.78. The van der Waals surface area contributed by atoms with Crippen molar-refractivity contribution in [1.82, 2.24) is 9.80 Å². The van der Waals surface area contributed by atoms with Crippen LogP contribution in [0.25, 0.3) is 0 Å². The van der Waals surface area contributed by atoms with E-state index >= 15 is 0 Å². The zero-order valence-corrected chi connectivity index (χ0v) is 12.2. The minimum atomic E-state index is -0.390. The van der Waals surface area contributed by atoms with Crippen molar-refractivity contribution in [2.24, 2.45) is 5.73 Å². The van der Waals surface area contributed by atoms with Gasteiger partial charge in [0.05, 0.1) is 0 Å². The van der Waals surface area contributed by atoms with Gasteiger partial charge < -0.3 is 20.3 Å². The number of hydrogen-bond donors (Lipinski definition) is 1. The minimum absolute atomic E-state index is 0.0501. The molecule has 0 aromatic carbocycles. The second kappa shape index (κ2) is 11.4. The van der Waals surface area contributed by atoms with Gasteiger partial charge in [0.1, 0.15) is 6.61 Å². The van der Waals surface area contributed by atoms with Crippen molar-refractivity contribution >= 4 is 5.91 Å². The van der Waals surface area contributed by atoms with Gasteiger partial charge in [0.15, 0.2) is 0 Å². The lowest BCUT2D eigenvalue weighted by atomic mass is 10.2. The predicted molar refractivity (Wildman–Crippen MR) is 74.5 cm³/mol. The van der Waals surface area contributed by atoms with E-state index in [0.29, 0.717) is 6.61 Å². The monoisotopic (exact) mass is 259 g/mol. The van der Waals surface area contributed by atoms with Crippen molar-refractivity contribution in [3.8, 4) is 0 Å². The normalized spacial score (nSPS) is 17.1. The molecule has 0 spiro atoms. The summed E-state index contributed by atoms with van der Waals surface area (Å²) in [5.41, 5.74) is 4.96. The van der Waals surface area contributed by atoms with Crippen molar-refractivity contribution in [3.63, 3.8) is 0 Å². The van der Waals surface area contributed by atoms with Crippen LogP contribution in [0.1, 0.15) is 26.7 Å². The smallest absolute Gasteiger partial charge is 0.243 e. The van der Waals surface area contributed by atoms with Gasteiger partial charge >= 0.3 is 0 Å². The molecule has 1 aliphatic rings. The molecule has 0 radical (unpaired) electrons. The molecule has 0 bridgehead atoms. The molecule has 0 aromatic rings. The van der Waals surface area contributed by atoms with Gasteiger partial charge in [-0.2, -0.15) is 0 Å². The van der Waals surface area contributed by atoms with Gasteiger partial charge in [0.2, 0.25) is 5.91 Å². The highest BCUT2D eigenvalue weighted by Gasteiger charge is 2.12. The number of primary amides is 1. The molecule has 0 saturated carbocycles. The first-order valence-electron chi connectivity index (χ1n) is 6.95. The van der Waals surface area contributed by atoms with Crippen LogP contribution in [-0.2, 0) is 9.53 Å². The van der Waals surface area contributed by atoms with Gasteiger partial charge in [-0.3, -0.25) is 4.79 Å². The summed E-state index contributed by atoms with van der Waals surface area (Å²) in [6.07, 6.45) is 2.13. The molecule has 1 rings (SSSR count). The van der Waals surface area contributed by atoms with Gasteiger partial charge in [-0.25, -0.2) is 0 Å². The maximum absolute atomic E-state index is 10.4. The van der Waals surface area contributed by atoms with Crippen LogP contribution < -0.4 is 5.73 Å². The van der Waals surface area contributed by atoms with Crippen molar-refractivity contribution in [1.29, 1.82) is 0 Å². The van der Waals surface area contributed by atoms with Crippen molar-refractivity contribution in [3.05, 3.63) is 0 Å². The molecule has 0 aromatic heterocycles. The molecule has 0 aliphatic carbocycles. The van der Waals surface area contributed by atoms with E-state index in [1.54, 1.807) is 0 Å². The molecule has 18 heavy (non-hydrogen) atoms. The summed E-state index contributed by atoms with van der Waals surface area (Å²) in [7, 11) is 2.16. The number of nitrogens with two attached hydrogens (primary N) is 1. The Morgan fingerprint density at radius 3 is 2.33 bits per heavy atom. The number of rotatable bonds is 7. The molecule has 0 atom stereocenters.